The molecule has 100 valence electrons. The van der Waals surface area contributed by atoms with Crippen LogP contribution >= 0.6 is 0 Å². The highest BCUT2D eigenvalue weighted by molar-refractivity contribution is 5.68. The minimum Gasteiger partial charge on any atom is -0.444 e. The van der Waals surface area contributed by atoms with E-state index < -0.39 is 5.60 Å². The van der Waals surface area contributed by atoms with Gasteiger partial charge in [0.2, 0.25) is 0 Å². The Morgan fingerprint density at radius 1 is 1.35 bits per heavy atom. The number of rotatable bonds is 2. The number of carbonyl (C=O) groups is 1. The third-order valence-corrected chi connectivity index (χ3v) is 3.11. The van der Waals surface area contributed by atoms with Crippen LogP contribution in [0.3, 0.4) is 0 Å². The van der Waals surface area contributed by atoms with E-state index in [1.165, 1.54) is 0 Å². The number of amides is 1. The fraction of sp³-hybridized carbons (Fsp3) is 0.923. The van der Waals surface area contributed by atoms with E-state index in [-0.39, 0.29) is 18.6 Å². The molecular weight excluding hydrogens is 218 g/mol. The van der Waals surface area contributed by atoms with Crippen molar-refractivity contribution in [2.24, 2.45) is 11.8 Å². The summed E-state index contributed by atoms with van der Waals surface area (Å²) in [6, 6.07) is 0. The number of aliphatic hydroxyl groups excluding tert-OH is 1. The number of carbonyl (C=O) groups excluding carboxylic acids is 1. The van der Waals surface area contributed by atoms with Crippen LogP contribution in [0.4, 0.5) is 4.79 Å². The van der Waals surface area contributed by atoms with Gasteiger partial charge >= 0.3 is 6.09 Å². The molecule has 1 amide bonds. The van der Waals surface area contributed by atoms with Crippen molar-refractivity contribution in [2.75, 3.05) is 19.7 Å². The summed E-state index contributed by atoms with van der Waals surface area (Å²) in [5.74, 6) is 0.676. The summed E-state index contributed by atoms with van der Waals surface area (Å²) in [6.45, 7) is 9.25. The monoisotopic (exact) mass is 243 g/mol. The van der Waals surface area contributed by atoms with Crippen molar-refractivity contribution in [1.82, 2.24) is 4.90 Å². The molecular formula is C13H25NO3. The maximum absolute atomic E-state index is 12.0. The normalized spacial score (nSPS) is 25.8. The fourth-order valence-corrected chi connectivity index (χ4v) is 2.22. The maximum Gasteiger partial charge on any atom is 0.410 e. The Morgan fingerprint density at radius 3 is 2.41 bits per heavy atom. The summed E-state index contributed by atoms with van der Waals surface area (Å²) in [5, 5.41) is 9.26. The Hall–Kier alpha value is -0.770. The number of piperidine rings is 1. The number of hydrogen-bond acceptors (Lipinski definition) is 3. The number of nitrogens with zero attached hydrogens (tertiary/aromatic N) is 1. The van der Waals surface area contributed by atoms with Crippen LogP contribution in [0.5, 0.6) is 0 Å². The lowest BCUT2D eigenvalue weighted by Gasteiger charge is -2.37. The van der Waals surface area contributed by atoms with Crippen molar-refractivity contribution in [3.63, 3.8) is 0 Å². The van der Waals surface area contributed by atoms with Gasteiger partial charge in [-0.05, 0) is 33.1 Å². The zero-order valence-corrected chi connectivity index (χ0v) is 11.4. The predicted octanol–water partition coefficient (Wildman–Crippen LogP) is 2.26. The molecule has 1 aliphatic heterocycles. The summed E-state index contributed by atoms with van der Waals surface area (Å²) in [4.78, 5) is 13.7. The van der Waals surface area contributed by atoms with Gasteiger partial charge in [-0.25, -0.2) is 4.79 Å². The lowest BCUT2D eigenvalue weighted by atomic mass is 9.88. The summed E-state index contributed by atoms with van der Waals surface area (Å²) in [7, 11) is 0. The third-order valence-electron chi connectivity index (χ3n) is 3.11. The lowest BCUT2D eigenvalue weighted by Crippen LogP contribution is -2.46. The third kappa shape index (κ3) is 4.54. The second-order valence-corrected chi connectivity index (χ2v) is 5.94. The molecule has 2 atom stereocenters. The van der Waals surface area contributed by atoms with Crippen molar-refractivity contribution < 1.29 is 14.6 Å². The summed E-state index contributed by atoms with van der Waals surface area (Å²) in [6.07, 6.45) is 1.79. The molecule has 0 aromatic carbocycles. The van der Waals surface area contributed by atoms with Crippen LogP contribution in [0.25, 0.3) is 0 Å². The molecule has 1 saturated heterocycles. The predicted molar refractivity (Wildman–Crippen MR) is 66.8 cm³/mol. The van der Waals surface area contributed by atoms with Crippen molar-refractivity contribution in [2.45, 2.75) is 46.1 Å². The highest BCUT2D eigenvalue weighted by atomic mass is 16.6. The molecule has 2 unspecified atom stereocenters. The van der Waals surface area contributed by atoms with E-state index in [1.54, 1.807) is 4.90 Å². The van der Waals surface area contributed by atoms with E-state index in [4.69, 9.17) is 4.74 Å². The maximum atomic E-state index is 12.0. The number of ether oxygens (including phenoxy) is 1. The first-order chi connectivity index (χ1) is 7.85. The molecule has 0 aromatic rings. The Kier molecular flexibility index (Phi) is 4.80. The average molecular weight is 243 g/mol. The molecule has 1 N–H and O–H groups in total. The van der Waals surface area contributed by atoms with Crippen LogP contribution in [-0.2, 0) is 4.74 Å². The first-order valence-electron chi connectivity index (χ1n) is 6.44. The van der Waals surface area contributed by atoms with E-state index >= 15 is 0 Å². The molecule has 0 aromatic heterocycles. The summed E-state index contributed by atoms with van der Waals surface area (Å²) >= 11 is 0. The first kappa shape index (κ1) is 14.3. The van der Waals surface area contributed by atoms with Crippen LogP contribution in [0, 0.1) is 11.8 Å². The Bertz CT molecular complexity index is 248. The molecule has 1 aliphatic rings. The van der Waals surface area contributed by atoms with Crippen molar-refractivity contribution in [1.29, 1.82) is 0 Å². The van der Waals surface area contributed by atoms with Gasteiger partial charge in [-0.1, -0.05) is 13.3 Å². The fourth-order valence-electron chi connectivity index (χ4n) is 2.22. The topological polar surface area (TPSA) is 49.8 Å². The van der Waals surface area contributed by atoms with E-state index in [1.807, 2.05) is 20.8 Å². The second kappa shape index (κ2) is 5.71. The number of likely N-dealkylation sites (tertiary alicyclic amines) is 1. The van der Waals surface area contributed by atoms with Gasteiger partial charge in [0, 0.05) is 25.6 Å². The minimum atomic E-state index is -0.453. The minimum absolute atomic E-state index is 0.149. The van der Waals surface area contributed by atoms with Crippen LogP contribution in [0.2, 0.25) is 0 Å². The molecule has 0 radical (unpaired) electrons. The van der Waals surface area contributed by atoms with Crippen LogP contribution in [0.15, 0.2) is 0 Å². The van der Waals surface area contributed by atoms with Gasteiger partial charge in [-0.15, -0.1) is 0 Å². The average Bonchev–Trinajstić information content (AvgIpc) is 2.26. The van der Waals surface area contributed by atoms with Gasteiger partial charge < -0.3 is 14.7 Å². The summed E-state index contributed by atoms with van der Waals surface area (Å²) in [5.41, 5.74) is -0.453. The largest absolute Gasteiger partial charge is 0.444 e. The summed E-state index contributed by atoms with van der Waals surface area (Å²) < 4.78 is 5.37. The van der Waals surface area contributed by atoms with E-state index in [0.717, 1.165) is 19.4 Å². The van der Waals surface area contributed by atoms with Gasteiger partial charge in [-0.3, -0.25) is 0 Å². The quantitative estimate of drug-likeness (QED) is 0.809. The van der Waals surface area contributed by atoms with Crippen LogP contribution in [-0.4, -0.2) is 41.4 Å². The van der Waals surface area contributed by atoms with Crippen molar-refractivity contribution in [3.8, 4) is 0 Å². The Labute approximate surface area is 104 Å². The number of hydrogen-bond donors (Lipinski definition) is 1. The van der Waals surface area contributed by atoms with Crippen LogP contribution in [0.1, 0.15) is 40.5 Å². The van der Waals surface area contributed by atoms with Crippen molar-refractivity contribution >= 4 is 6.09 Å². The first-order valence-corrected chi connectivity index (χ1v) is 6.44. The highest BCUT2D eigenvalue weighted by Gasteiger charge is 2.31. The zero-order valence-electron chi connectivity index (χ0n) is 11.4. The smallest absolute Gasteiger partial charge is 0.410 e. The zero-order chi connectivity index (χ0) is 13.1. The van der Waals surface area contributed by atoms with Crippen LogP contribution < -0.4 is 0 Å². The Balaban J connectivity index is 2.59. The van der Waals surface area contributed by atoms with Gasteiger partial charge in [-0.2, -0.15) is 0 Å². The highest BCUT2D eigenvalue weighted by Crippen LogP contribution is 2.25. The molecule has 4 heteroatoms. The second-order valence-electron chi connectivity index (χ2n) is 5.94. The SMILES string of the molecule is CCC1CC(CO)CN(C(=O)OC(C)(C)C)C1. The van der Waals surface area contributed by atoms with Gasteiger partial charge in [0.15, 0.2) is 0 Å². The molecule has 0 aliphatic carbocycles. The standard InChI is InChI=1S/C13H25NO3/c1-5-10-6-11(9-15)8-14(7-10)12(16)17-13(2,3)4/h10-11,15H,5-9H2,1-4H3. The van der Waals surface area contributed by atoms with Gasteiger partial charge in [0.25, 0.3) is 0 Å². The molecule has 4 nitrogen and oxygen atoms in total. The number of aliphatic hydroxyl groups is 1. The van der Waals surface area contributed by atoms with E-state index in [9.17, 15) is 9.90 Å². The molecule has 0 spiro atoms. The molecule has 1 heterocycles. The molecule has 1 rings (SSSR count). The Morgan fingerprint density at radius 2 is 1.94 bits per heavy atom. The lowest BCUT2D eigenvalue weighted by molar-refractivity contribution is 0.00464. The van der Waals surface area contributed by atoms with Gasteiger partial charge in [0.05, 0.1) is 0 Å². The molecule has 0 saturated carbocycles. The van der Waals surface area contributed by atoms with Gasteiger partial charge in [0.1, 0.15) is 5.60 Å². The molecule has 1 fully saturated rings. The van der Waals surface area contributed by atoms with E-state index in [2.05, 4.69) is 6.92 Å². The molecule has 0 bridgehead atoms. The molecule has 17 heavy (non-hydrogen) atoms. The van der Waals surface area contributed by atoms with Crippen molar-refractivity contribution in [3.05, 3.63) is 0 Å². The van der Waals surface area contributed by atoms with E-state index in [0.29, 0.717) is 12.5 Å².